The molecule has 24 nitrogen and oxygen atoms in total. The van der Waals surface area contributed by atoms with E-state index in [1.54, 1.807) is 0 Å². The Kier molecular flexibility index (Phi) is 21.2. The summed E-state index contributed by atoms with van der Waals surface area (Å²) in [6.07, 6.45) is 2.39. The molecule has 28 heteroatoms. The highest BCUT2D eigenvalue weighted by atomic mass is 32.2. The predicted octanol–water partition coefficient (Wildman–Crippen LogP) is 2.75. The lowest BCUT2D eigenvalue weighted by Gasteiger charge is -2.30. The van der Waals surface area contributed by atoms with Crippen LogP contribution in [0.1, 0.15) is 91.2 Å². The van der Waals surface area contributed by atoms with E-state index in [0.29, 0.717) is 5.75 Å². The van der Waals surface area contributed by atoms with Crippen molar-refractivity contribution in [3.8, 4) is 0 Å². The molecule has 3 heterocycles. The maximum absolute atomic E-state index is 12.7. The van der Waals surface area contributed by atoms with E-state index in [0.717, 1.165) is 53.8 Å². The first kappa shape index (κ1) is 53.6. The number of nitrogens with zero attached hydrogens (tertiary/aromatic N) is 4. The second kappa shape index (κ2) is 24.6. The number of allylic oxidation sites excluding steroid dienone is 1. The number of aromatic nitrogens is 4. The van der Waals surface area contributed by atoms with Crippen LogP contribution in [0.5, 0.6) is 0 Å². The number of anilines is 1. The Morgan fingerprint density at radius 1 is 0.984 bits per heavy atom. The molecule has 1 aliphatic heterocycles. The molecule has 0 spiro atoms. The number of nitrogens with two attached hydrogens (primary N) is 1. The Labute approximate surface area is 362 Å². The van der Waals surface area contributed by atoms with Crippen molar-refractivity contribution in [3.63, 3.8) is 0 Å². The van der Waals surface area contributed by atoms with Crippen LogP contribution in [-0.4, -0.2) is 123 Å². The van der Waals surface area contributed by atoms with Crippen LogP contribution in [0.4, 0.5) is 5.82 Å². The first-order valence-electron chi connectivity index (χ1n) is 19.7. The standard InChI is InChI=1S/C34H58N7O17P3S/c1-5-6-7-8-9-10-11-12-22(2)17-25(43)62-16-15-36-24(42)13-14-37-32(46)29(45)34(3,4)19-55-61(52,53)58-60(50,51)54-18-23-28(57-59(47,48)49)27(44)33(56-23)41-21-40-26-30(35)38-20-39-31(26)41/h20-21,23,27-29,33,44-45H,2,5-19H2,1,3-4H3,(H,36,42)(H,37,46)(H,50,51)(H,52,53)(H2,35,38,39)(H2,47,48,49)/t23-,27+,28+,29-,33-/m0/s1. The van der Waals surface area contributed by atoms with Gasteiger partial charge >= 0.3 is 23.5 Å². The van der Waals surface area contributed by atoms with Gasteiger partial charge < -0.3 is 50.9 Å². The third-order valence-electron chi connectivity index (χ3n) is 9.29. The Hall–Kier alpha value is -2.70. The number of thioether (sulfide) groups is 1. The van der Waals surface area contributed by atoms with Gasteiger partial charge in [-0.2, -0.15) is 4.31 Å². The molecule has 0 radical (unpaired) electrons. The van der Waals surface area contributed by atoms with Crippen molar-refractivity contribution in [3.05, 3.63) is 24.8 Å². The van der Waals surface area contributed by atoms with Crippen molar-refractivity contribution in [1.82, 2.24) is 30.2 Å². The Morgan fingerprint density at radius 3 is 2.32 bits per heavy atom. The second-order valence-corrected chi connectivity index (χ2v) is 20.5. The second-order valence-electron chi connectivity index (χ2n) is 15.1. The number of imidazole rings is 1. The van der Waals surface area contributed by atoms with E-state index in [9.17, 15) is 57.9 Å². The van der Waals surface area contributed by atoms with Crippen LogP contribution in [0.15, 0.2) is 24.8 Å². The highest BCUT2D eigenvalue weighted by molar-refractivity contribution is 8.13. The van der Waals surface area contributed by atoms with Gasteiger partial charge in [-0.1, -0.05) is 83.2 Å². The van der Waals surface area contributed by atoms with Crippen molar-refractivity contribution in [2.45, 2.75) is 116 Å². The fourth-order valence-corrected chi connectivity index (χ4v) is 9.54. The number of amides is 2. The number of carbonyl (C=O) groups excluding carboxylic acids is 3. The maximum Gasteiger partial charge on any atom is 0.481 e. The molecule has 10 N–H and O–H groups in total. The summed E-state index contributed by atoms with van der Waals surface area (Å²) in [4.78, 5) is 88.2. The topological polar surface area (TPSA) is 364 Å². The summed E-state index contributed by atoms with van der Waals surface area (Å²) < 4.78 is 62.3. The minimum absolute atomic E-state index is 0.0311. The molecule has 0 aromatic carbocycles. The molecular weight excluding hydrogens is 903 g/mol. The molecule has 0 bridgehead atoms. The zero-order chi connectivity index (χ0) is 46.3. The number of aliphatic hydroxyl groups is 2. The minimum atomic E-state index is -5.58. The van der Waals surface area contributed by atoms with Gasteiger partial charge in [0.05, 0.1) is 19.5 Å². The molecule has 352 valence electrons. The number of hydrogen-bond acceptors (Lipinski definition) is 18. The van der Waals surface area contributed by atoms with E-state index in [-0.39, 0.29) is 48.0 Å². The minimum Gasteiger partial charge on any atom is -0.386 e. The van der Waals surface area contributed by atoms with Gasteiger partial charge in [-0.15, -0.1) is 0 Å². The van der Waals surface area contributed by atoms with Gasteiger partial charge in [0, 0.05) is 37.1 Å². The summed E-state index contributed by atoms with van der Waals surface area (Å²) in [5, 5.41) is 26.5. The summed E-state index contributed by atoms with van der Waals surface area (Å²) in [7, 11) is -16.4. The number of hydrogen-bond donors (Lipinski definition) is 9. The monoisotopic (exact) mass is 961 g/mol. The summed E-state index contributed by atoms with van der Waals surface area (Å²) in [5.41, 5.74) is 5.16. The molecule has 1 aliphatic rings. The lowest BCUT2D eigenvalue weighted by molar-refractivity contribution is -0.137. The van der Waals surface area contributed by atoms with Crippen LogP contribution >= 0.6 is 35.2 Å². The lowest BCUT2D eigenvalue weighted by atomic mass is 9.87. The molecule has 0 aliphatic carbocycles. The van der Waals surface area contributed by atoms with E-state index in [4.69, 9.17) is 19.5 Å². The summed E-state index contributed by atoms with van der Waals surface area (Å²) in [6, 6.07) is 0. The SMILES string of the molecule is C=C(CCCCCCCCC)CC(=O)SCCNC(=O)CCNC(=O)[C@H](O)C(C)(C)COP(=O)(O)OP(=O)(O)OC[C@@H]1O[C@H](n2cnc3c(N)ncnc32)[C@H](O)[C@@H]1OP(=O)(O)O. The zero-order valence-electron chi connectivity index (χ0n) is 34.6. The lowest BCUT2D eigenvalue weighted by Crippen LogP contribution is -2.46. The van der Waals surface area contributed by atoms with E-state index in [2.05, 4.69) is 47.9 Å². The van der Waals surface area contributed by atoms with Crippen LogP contribution in [-0.2, 0) is 50.7 Å². The number of aliphatic hydroxyl groups excluding tert-OH is 2. The number of nitrogens with one attached hydrogen (secondary N) is 2. The highest BCUT2D eigenvalue weighted by Crippen LogP contribution is 2.61. The van der Waals surface area contributed by atoms with Crippen LogP contribution < -0.4 is 16.4 Å². The average Bonchev–Trinajstić information content (AvgIpc) is 3.74. The number of nitrogen functional groups attached to an aromatic ring is 1. The number of carbonyl (C=O) groups is 3. The van der Waals surface area contributed by atoms with Crippen molar-refractivity contribution < 1.29 is 80.5 Å². The quantitative estimate of drug-likeness (QED) is 0.0321. The highest BCUT2D eigenvalue weighted by Gasteiger charge is 2.50. The van der Waals surface area contributed by atoms with Gasteiger partial charge in [0.1, 0.15) is 36.3 Å². The molecule has 2 amide bonds. The molecule has 1 fully saturated rings. The zero-order valence-corrected chi connectivity index (χ0v) is 38.1. The number of rotatable bonds is 29. The smallest absolute Gasteiger partial charge is 0.386 e. The first-order chi connectivity index (χ1) is 28.9. The Bertz CT molecular complexity index is 1970. The maximum atomic E-state index is 12.7. The van der Waals surface area contributed by atoms with Gasteiger partial charge in [-0.3, -0.25) is 32.5 Å². The molecule has 7 atom stereocenters. The van der Waals surface area contributed by atoms with E-state index < -0.39 is 84.6 Å². The van der Waals surface area contributed by atoms with E-state index in [1.807, 2.05) is 0 Å². The molecule has 62 heavy (non-hydrogen) atoms. The Morgan fingerprint density at radius 2 is 1.65 bits per heavy atom. The van der Waals surface area contributed by atoms with E-state index >= 15 is 0 Å². The van der Waals surface area contributed by atoms with Crippen LogP contribution in [0.3, 0.4) is 0 Å². The van der Waals surface area contributed by atoms with Gasteiger partial charge in [-0.05, 0) is 12.8 Å². The molecule has 2 unspecified atom stereocenters. The van der Waals surface area contributed by atoms with Crippen molar-refractivity contribution in [1.29, 1.82) is 0 Å². The normalized spacial score (nSPS) is 20.7. The first-order valence-corrected chi connectivity index (χ1v) is 25.2. The molecule has 2 aromatic rings. The number of ether oxygens (including phenoxy) is 1. The van der Waals surface area contributed by atoms with Gasteiger partial charge in [0.25, 0.3) is 0 Å². The van der Waals surface area contributed by atoms with Crippen LogP contribution in [0, 0.1) is 5.41 Å². The molecule has 2 aromatic heterocycles. The predicted molar refractivity (Wildman–Crippen MR) is 223 cm³/mol. The molecular formula is C34H58N7O17P3S. The van der Waals surface area contributed by atoms with Crippen molar-refractivity contribution in [2.75, 3.05) is 37.8 Å². The van der Waals surface area contributed by atoms with Gasteiger partial charge in [-0.25, -0.2) is 28.6 Å². The van der Waals surface area contributed by atoms with Crippen molar-refractivity contribution >= 4 is 69.1 Å². The third-order valence-corrected chi connectivity index (χ3v) is 13.3. The largest absolute Gasteiger partial charge is 0.481 e. The Balaban J connectivity index is 1.39. The summed E-state index contributed by atoms with van der Waals surface area (Å²) >= 11 is 1.09. The fourth-order valence-electron chi connectivity index (χ4n) is 5.97. The number of phosphoric ester groups is 3. The number of unbranched alkanes of at least 4 members (excludes halogenated alkanes) is 6. The molecule has 0 saturated carbocycles. The fraction of sp³-hybridized carbons (Fsp3) is 0.706. The average molecular weight is 962 g/mol. The number of fused-ring (bicyclic) bond motifs is 1. The molecule has 1 saturated heterocycles. The summed E-state index contributed by atoms with van der Waals surface area (Å²) in [5.74, 6) is -1.10. The van der Waals surface area contributed by atoms with Crippen LogP contribution in [0.2, 0.25) is 0 Å². The van der Waals surface area contributed by atoms with E-state index in [1.165, 1.54) is 46.0 Å². The van der Waals surface area contributed by atoms with Gasteiger partial charge in [0.2, 0.25) is 11.8 Å². The van der Waals surface area contributed by atoms with Gasteiger partial charge in [0.15, 0.2) is 22.8 Å². The summed E-state index contributed by atoms with van der Waals surface area (Å²) in [6.45, 7) is 6.68. The number of phosphoric acid groups is 3. The third kappa shape index (κ3) is 18.1. The molecule has 3 rings (SSSR count). The van der Waals surface area contributed by atoms with Crippen LogP contribution in [0.25, 0.3) is 11.2 Å². The van der Waals surface area contributed by atoms with Crippen molar-refractivity contribution in [2.24, 2.45) is 5.41 Å².